The fraction of sp³-hybridized carbons (Fsp3) is 0.474. The van der Waals surface area contributed by atoms with Gasteiger partial charge in [-0.05, 0) is 73.4 Å². The van der Waals surface area contributed by atoms with E-state index in [9.17, 15) is 9.59 Å². The lowest BCUT2D eigenvalue weighted by atomic mass is 9.51. The van der Waals surface area contributed by atoms with E-state index in [0.29, 0.717) is 24.9 Å². The summed E-state index contributed by atoms with van der Waals surface area (Å²) in [4.78, 5) is 30.8. The van der Waals surface area contributed by atoms with E-state index in [1.165, 1.54) is 18.1 Å². The number of hydrogen-bond acceptors (Lipinski definition) is 7. The molecule has 3 heterocycles. The van der Waals surface area contributed by atoms with Crippen molar-refractivity contribution in [1.29, 1.82) is 0 Å². The Morgan fingerprint density at radius 3 is 2.67 bits per heavy atom. The minimum Gasteiger partial charge on any atom is -0.493 e. The summed E-state index contributed by atoms with van der Waals surface area (Å²) in [5.74, 6) is 2.00. The Hall–Kier alpha value is -4.04. The topological polar surface area (TPSA) is 81.5 Å². The quantitative estimate of drug-likeness (QED) is 0.196. The number of carbonyl (C=O) groups is 2. The van der Waals surface area contributed by atoms with E-state index >= 15 is 0 Å². The number of benzene rings is 2. The molecule has 4 aliphatic rings. The molecule has 0 N–H and O–H groups in total. The molecular formula is C38H44N2O6. The zero-order chi connectivity index (χ0) is 32.0. The average molecular weight is 625 g/mol. The summed E-state index contributed by atoms with van der Waals surface area (Å²) in [5.41, 5.74) is 4.25. The SMILES string of the molecule is COc1ccc2c3c1O[C@H]1[C@H](N(CC(C)C)C(=O)C=Cc4ccoc4)CC[C@H]4[C@@H](C2)N(CC(OC(C)=O)c2ccccc2)CC[C@@]341. The number of rotatable bonds is 10. The standard InChI is InChI=1S/C38H44N2O6/c1-24(2)21-40(34(42)15-10-26-16-19-44-23-26)30-13-12-29-31-20-28-11-14-32(43-4)36-35(28)38(29,37(30)46-36)17-18-39(31)22-33(45-25(3)41)27-8-6-5-7-9-27/h5-11,14-16,19,23-24,29-31,33,37H,12-13,17-18,20-22H2,1-4H3/t29-,30+,31+,33?,37-,38-/m0/s1. The Kier molecular flexibility index (Phi) is 8.17. The van der Waals surface area contributed by atoms with Crippen molar-refractivity contribution in [2.45, 2.75) is 76.2 Å². The lowest BCUT2D eigenvalue weighted by Crippen LogP contribution is -2.69. The van der Waals surface area contributed by atoms with Gasteiger partial charge < -0.3 is 23.5 Å². The lowest BCUT2D eigenvalue weighted by Gasteiger charge is -2.60. The van der Waals surface area contributed by atoms with Crippen LogP contribution >= 0.6 is 0 Å². The molecule has 1 saturated heterocycles. The first-order valence-electron chi connectivity index (χ1n) is 16.6. The average Bonchev–Trinajstić information content (AvgIpc) is 3.69. The van der Waals surface area contributed by atoms with Crippen LogP contribution in [0.25, 0.3) is 6.08 Å². The first kappa shape index (κ1) is 30.6. The number of amides is 1. The van der Waals surface area contributed by atoms with Gasteiger partial charge in [0.05, 0.1) is 25.7 Å². The van der Waals surface area contributed by atoms with Gasteiger partial charge in [0.25, 0.3) is 0 Å². The van der Waals surface area contributed by atoms with Crippen molar-refractivity contribution < 1.29 is 28.2 Å². The van der Waals surface area contributed by atoms with Crippen molar-refractivity contribution in [2.75, 3.05) is 26.7 Å². The number of likely N-dealkylation sites (tertiary alicyclic amines) is 1. The molecule has 1 spiro atoms. The van der Waals surface area contributed by atoms with Crippen molar-refractivity contribution in [2.24, 2.45) is 11.8 Å². The minimum atomic E-state index is -0.339. The smallest absolute Gasteiger partial charge is 0.303 e. The summed E-state index contributed by atoms with van der Waals surface area (Å²) in [6, 6.07) is 16.4. The van der Waals surface area contributed by atoms with Gasteiger partial charge in [0, 0.05) is 48.7 Å². The van der Waals surface area contributed by atoms with Gasteiger partial charge in [-0.15, -0.1) is 0 Å². The molecule has 1 amide bonds. The van der Waals surface area contributed by atoms with E-state index < -0.39 is 0 Å². The van der Waals surface area contributed by atoms with E-state index in [2.05, 4.69) is 29.7 Å². The molecule has 242 valence electrons. The molecule has 0 radical (unpaired) electrons. The molecule has 7 rings (SSSR count). The zero-order valence-corrected chi connectivity index (χ0v) is 27.2. The number of ether oxygens (including phenoxy) is 3. The molecule has 2 aliphatic heterocycles. The van der Waals surface area contributed by atoms with Crippen molar-refractivity contribution in [3.05, 3.63) is 89.4 Å². The number of hydrogen-bond donors (Lipinski definition) is 0. The molecular weight excluding hydrogens is 580 g/mol. The Morgan fingerprint density at radius 1 is 1.13 bits per heavy atom. The summed E-state index contributed by atoms with van der Waals surface area (Å²) < 4.78 is 24.1. The van der Waals surface area contributed by atoms with Crippen LogP contribution in [-0.2, 0) is 26.2 Å². The zero-order valence-electron chi connectivity index (χ0n) is 27.2. The monoisotopic (exact) mass is 624 g/mol. The van der Waals surface area contributed by atoms with Gasteiger partial charge >= 0.3 is 5.97 Å². The van der Waals surface area contributed by atoms with Gasteiger partial charge in [0.15, 0.2) is 11.5 Å². The lowest BCUT2D eigenvalue weighted by molar-refractivity contribution is -0.151. The molecule has 2 fully saturated rings. The van der Waals surface area contributed by atoms with Crippen LogP contribution in [0.2, 0.25) is 0 Å². The summed E-state index contributed by atoms with van der Waals surface area (Å²) in [6.07, 6.45) is 9.90. The third kappa shape index (κ3) is 5.20. The van der Waals surface area contributed by atoms with Gasteiger partial charge in [0.2, 0.25) is 5.91 Å². The van der Waals surface area contributed by atoms with Crippen LogP contribution in [0.3, 0.4) is 0 Å². The fourth-order valence-electron chi connectivity index (χ4n) is 9.00. The van der Waals surface area contributed by atoms with Crippen LogP contribution in [0.5, 0.6) is 11.5 Å². The summed E-state index contributed by atoms with van der Waals surface area (Å²) >= 11 is 0. The van der Waals surface area contributed by atoms with E-state index in [1.807, 2.05) is 48.5 Å². The van der Waals surface area contributed by atoms with Crippen LogP contribution in [-0.4, -0.2) is 66.6 Å². The van der Waals surface area contributed by atoms with Crippen LogP contribution in [0, 0.1) is 11.8 Å². The molecule has 1 unspecified atom stereocenters. The van der Waals surface area contributed by atoms with Crippen LogP contribution in [0.15, 0.2) is 71.6 Å². The molecule has 46 heavy (non-hydrogen) atoms. The Morgan fingerprint density at radius 2 is 1.96 bits per heavy atom. The van der Waals surface area contributed by atoms with Gasteiger partial charge in [0.1, 0.15) is 12.2 Å². The fourth-order valence-corrected chi connectivity index (χ4v) is 9.00. The first-order valence-corrected chi connectivity index (χ1v) is 16.6. The number of furan rings is 1. The highest BCUT2D eigenvalue weighted by Gasteiger charge is 2.66. The maximum absolute atomic E-state index is 14.0. The third-order valence-corrected chi connectivity index (χ3v) is 10.7. The summed E-state index contributed by atoms with van der Waals surface area (Å²) in [5, 5.41) is 0. The Balaban J connectivity index is 1.25. The number of nitrogens with zero attached hydrogens (tertiary/aromatic N) is 2. The predicted octanol–water partition coefficient (Wildman–Crippen LogP) is 6.20. The largest absolute Gasteiger partial charge is 0.493 e. The molecule has 1 saturated carbocycles. The van der Waals surface area contributed by atoms with Crippen molar-refractivity contribution in [3.63, 3.8) is 0 Å². The molecule has 1 aromatic heterocycles. The molecule has 2 aliphatic carbocycles. The third-order valence-electron chi connectivity index (χ3n) is 10.7. The first-order chi connectivity index (χ1) is 22.3. The van der Waals surface area contributed by atoms with Crippen LogP contribution in [0.1, 0.15) is 68.4 Å². The van der Waals surface area contributed by atoms with E-state index in [-0.39, 0.29) is 41.6 Å². The van der Waals surface area contributed by atoms with Gasteiger partial charge in [-0.3, -0.25) is 14.5 Å². The van der Waals surface area contributed by atoms with Gasteiger partial charge in [-0.25, -0.2) is 0 Å². The Bertz CT molecular complexity index is 1600. The minimum absolute atomic E-state index is 0.00151. The van der Waals surface area contributed by atoms with Crippen molar-refractivity contribution in [3.8, 4) is 11.5 Å². The predicted molar refractivity (Wildman–Crippen MR) is 175 cm³/mol. The number of piperidine rings is 1. The molecule has 6 atom stereocenters. The maximum atomic E-state index is 14.0. The normalized spacial score (nSPS) is 26.8. The number of esters is 1. The molecule has 3 aromatic rings. The highest BCUT2D eigenvalue weighted by atomic mass is 16.5. The summed E-state index contributed by atoms with van der Waals surface area (Å²) in [7, 11) is 1.71. The number of methoxy groups -OCH3 is 1. The highest BCUT2D eigenvalue weighted by molar-refractivity contribution is 5.92. The summed E-state index contributed by atoms with van der Waals surface area (Å²) in [6.45, 7) is 7.96. The van der Waals surface area contributed by atoms with Crippen LogP contribution < -0.4 is 9.47 Å². The van der Waals surface area contributed by atoms with E-state index in [0.717, 1.165) is 54.9 Å². The Labute approximate surface area is 271 Å². The van der Waals surface area contributed by atoms with E-state index in [4.69, 9.17) is 18.6 Å². The van der Waals surface area contributed by atoms with Gasteiger partial charge in [-0.2, -0.15) is 0 Å². The van der Waals surface area contributed by atoms with Crippen molar-refractivity contribution in [1.82, 2.24) is 9.80 Å². The maximum Gasteiger partial charge on any atom is 0.303 e. The molecule has 8 nitrogen and oxygen atoms in total. The second-order valence-corrected chi connectivity index (χ2v) is 13.8. The van der Waals surface area contributed by atoms with Crippen LogP contribution in [0.4, 0.5) is 0 Å². The second-order valence-electron chi connectivity index (χ2n) is 13.8. The molecule has 2 aromatic carbocycles. The molecule has 8 heteroatoms. The highest BCUT2D eigenvalue weighted by Crippen LogP contribution is 2.64. The van der Waals surface area contributed by atoms with Gasteiger partial charge in [-0.1, -0.05) is 50.2 Å². The molecule has 2 bridgehead atoms. The van der Waals surface area contributed by atoms with E-state index in [1.54, 1.807) is 25.7 Å². The number of carbonyl (C=O) groups excluding carboxylic acids is 2. The van der Waals surface area contributed by atoms with Crippen molar-refractivity contribution >= 4 is 18.0 Å². The second kappa shape index (κ2) is 12.3.